The zero-order valence-electron chi connectivity index (χ0n) is 13.2. The Morgan fingerprint density at radius 2 is 1.95 bits per heavy atom. The van der Waals surface area contributed by atoms with Crippen LogP contribution >= 0.6 is 0 Å². The van der Waals surface area contributed by atoms with Crippen LogP contribution in [0.15, 0.2) is 12.4 Å². The van der Waals surface area contributed by atoms with Crippen LogP contribution in [0.1, 0.15) is 44.9 Å². The molecule has 0 amide bonds. The van der Waals surface area contributed by atoms with Crippen molar-refractivity contribution < 1.29 is 0 Å². The van der Waals surface area contributed by atoms with E-state index in [1.807, 2.05) is 30.9 Å². The van der Waals surface area contributed by atoms with Crippen molar-refractivity contribution in [3.63, 3.8) is 0 Å². The maximum absolute atomic E-state index is 4.78. The molecule has 5 heteroatoms. The third kappa shape index (κ3) is 2.53. The average Bonchev–Trinajstić information content (AvgIpc) is 2.85. The fourth-order valence-electron chi connectivity index (χ4n) is 2.11. The fraction of sp³-hybridized carbons (Fsp3) is 0.533. The summed E-state index contributed by atoms with van der Waals surface area (Å²) < 4.78 is 2.05. The lowest BCUT2D eigenvalue weighted by Gasteiger charge is -2.21. The molecule has 20 heavy (non-hydrogen) atoms. The van der Waals surface area contributed by atoms with Gasteiger partial charge in [-0.3, -0.25) is 4.57 Å². The summed E-state index contributed by atoms with van der Waals surface area (Å²) in [6.07, 6.45) is 4.65. The lowest BCUT2D eigenvalue weighted by atomic mass is 9.95. The molecular formula is C15H23N5. The van der Waals surface area contributed by atoms with Crippen molar-refractivity contribution in [1.29, 1.82) is 0 Å². The van der Waals surface area contributed by atoms with Gasteiger partial charge in [-0.15, -0.1) is 0 Å². The van der Waals surface area contributed by atoms with Gasteiger partial charge < -0.3 is 5.32 Å². The van der Waals surface area contributed by atoms with Crippen LogP contribution in [0.3, 0.4) is 0 Å². The van der Waals surface area contributed by atoms with E-state index < -0.39 is 0 Å². The van der Waals surface area contributed by atoms with Crippen molar-refractivity contribution >= 4 is 5.82 Å². The molecule has 108 valence electrons. The Hall–Kier alpha value is -1.91. The summed E-state index contributed by atoms with van der Waals surface area (Å²) in [7, 11) is 1.89. The molecule has 0 bridgehead atoms. The molecule has 0 unspecified atom stereocenters. The van der Waals surface area contributed by atoms with Crippen LogP contribution in [0.25, 0.3) is 5.82 Å². The SMILES string of the molecule is CCc1nccn1-c1nc(C(C)(C)C)nc(NC)c1C. The van der Waals surface area contributed by atoms with Crippen LogP contribution in [0.5, 0.6) is 0 Å². The number of imidazole rings is 1. The second-order valence-corrected chi connectivity index (χ2v) is 5.91. The van der Waals surface area contributed by atoms with Crippen LogP contribution < -0.4 is 5.32 Å². The Labute approximate surface area is 120 Å². The molecule has 0 aromatic carbocycles. The van der Waals surface area contributed by atoms with Crippen LogP contribution in [0.2, 0.25) is 0 Å². The van der Waals surface area contributed by atoms with Gasteiger partial charge in [-0.05, 0) is 6.92 Å². The highest BCUT2D eigenvalue weighted by molar-refractivity contribution is 5.52. The number of anilines is 1. The van der Waals surface area contributed by atoms with Gasteiger partial charge in [0.25, 0.3) is 0 Å². The molecule has 0 fully saturated rings. The largest absolute Gasteiger partial charge is 0.373 e. The molecule has 0 aliphatic heterocycles. The van der Waals surface area contributed by atoms with Gasteiger partial charge in [0.15, 0.2) is 0 Å². The van der Waals surface area contributed by atoms with Crippen LogP contribution in [-0.4, -0.2) is 26.6 Å². The zero-order chi connectivity index (χ0) is 14.9. The van der Waals surface area contributed by atoms with Crippen molar-refractivity contribution in [3.05, 3.63) is 29.6 Å². The molecule has 0 aliphatic rings. The van der Waals surface area contributed by atoms with Gasteiger partial charge in [0, 0.05) is 36.8 Å². The van der Waals surface area contributed by atoms with E-state index in [4.69, 9.17) is 4.98 Å². The summed E-state index contributed by atoms with van der Waals surface area (Å²) in [5.74, 6) is 3.62. The molecule has 2 aromatic heterocycles. The Bertz CT molecular complexity index is 607. The molecule has 0 saturated heterocycles. The van der Waals surface area contributed by atoms with E-state index in [0.29, 0.717) is 0 Å². The number of hydrogen-bond donors (Lipinski definition) is 1. The fourth-order valence-corrected chi connectivity index (χ4v) is 2.11. The first-order valence-electron chi connectivity index (χ1n) is 6.98. The quantitative estimate of drug-likeness (QED) is 0.934. The molecule has 2 rings (SSSR count). The second-order valence-electron chi connectivity index (χ2n) is 5.91. The van der Waals surface area contributed by atoms with Gasteiger partial charge in [0.05, 0.1) is 0 Å². The normalized spacial score (nSPS) is 11.7. The molecule has 0 spiro atoms. The average molecular weight is 273 g/mol. The summed E-state index contributed by atoms with van der Waals surface area (Å²) in [4.78, 5) is 13.8. The van der Waals surface area contributed by atoms with E-state index >= 15 is 0 Å². The van der Waals surface area contributed by atoms with E-state index in [2.05, 4.69) is 43.0 Å². The molecule has 1 N–H and O–H groups in total. The van der Waals surface area contributed by atoms with Crippen LogP contribution in [0, 0.1) is 6.92 Å². The Kier molecular flexibility index (Phi) is 3.79. The van der Waals surface area contributed by atoms with E-state index in [0.717, 1.165) is 35.3 Å². The van der Waals surface area contributed by atoms with Crippen molar-refractivity contribution in [2.24, 2.45) is 0 Å². The van der Waals surface area contributed by atoms with E-state index in [-0.39, 0.29) is 5.41 Å². The predicted octanol–water partition coefficient (Wildman–Crippen LogP) is 2.87. The van der Waals surface area contributed by atoms with Crippen molar-refractivity contribution in [1.82, 2.24) is 19.5 Å². The van der Waals surface area contributed by atoms with Gasteiger partial charge in [0.2, 0.25) is 0 Å². The van der Waals surface area contributed by atoms with Gasteiger partial charge in [0.1, 0.15) is 23.3 Å². The molecule has 5 nitrogen and oxygen atoms in total. The van der Waals surface area contributed by atoms with E-state index in [9.17, 15) is 0 Å². The number of rotatable bonds is 3. The number of hydrogen-bond acceptors (Lipinski definition) is 4. The monoisotopic (exact) mass is 273 g/mol. The number of aromatic nitrogens is 4. The van der Waals surface area contributed by atoms with Crippen molar-refractivity contribution in [2.45, 2.75) is 46.5 Å². The smallest absolute Gasteiger partial charge is 0.146 e. The first kappa shape index (κ1) is 14.5. The molecule has 2 aromatic rings. The molecule has 0 aliphatic carbocycles. The molecule has 0 atom stereocenters. The van der Waals surface area contributed by atoms with E-state index in [1.54, 1.807) is 0 Å². The molecule has 2 heterocycles. The van der Waals surface area contributed by atoms with Crippen molar-refractivity contribution in [3.8, 4) is 5.82 Å². The maximum atomic E-state index is 4.78. The zero-order valence-corrected chi connectivity index (χ0v) is 13.2. The first-order chi connectivity index (χ1) is 9.38. The molecule has 0 radical (unpaired) electrons. The van der Waals surface area contributed by atoms with Crippen LogP contribution in [0.4, 0.5) is 5.82 Å². The summed E-state index contributed by atoms with van der Waals surface area (Å²) in [6, 6.07) is 0. The van der Waals surface area contributed by atoms with Crippen LogP contribution in [-0.2, 0) is 11.8 Å². The summed E-state index contributed by atoms with van der Waals surface area (Å²) in [5, 5.41) is 3.16. The third-order valence-corrected chi connectivity index (χ3v) is 3.29. The molecular weight excluding hydrogens is 250 g/mol. The lowest BCUT2D eigenvalue weighted by molar-refractivity contribution is 0.543. The standard InChI is InChI=1S/C15H23N5/c1-7-11-17-8-9-20(11)13-10(2)12(16-6)18-14(19-13)15(3,4)5/h8-9H,7H2,1-6H3,(H,16,18,19). The van der Waals surface area contributed by atoms with Gasteiger partial charge in [-0.25, -0.2) is 15.0 Å². The minimum Gasteiger partial charge on any atom is -0.373 e. The Morgan fingerprint density at radius 1 is 1.25 bits per heavy atom. The minimum absolute atomic E-state index is 0.0962. The van der Waals surface area contributed by atoms with Gasteiger partial charge in [-0.2, -0.15) is 0 Å². The summed E-state index contributed by atoms with van der Waals surface area (Å²) in [5.41, 5.74) is 0.939. The lowest BCUT2D eigenvalue weighted by Crippen LogP contribution is -2.20. The van der Waals surface area contributed by atoms with Gasteiger partial charge >= 0.3 is 0 Å². The highest BCUT2D eigenvalue weighted by Crippen LogP contribution is 2.26. The molecule has 0 saturated carbocycles. The summed E-state index contributed by atoms with van der Waals surface area (Å²) in [6.45, 7) is 10.5. The van der Waals surface area contributed by atoms with Gasteiger partial charge in [-0.1, -0.05) is 27.7 Å². The third-order valence-electron chi connectivity index (χ3n) is 3.29. The second kappa shape index (κ2) is 5.23. The summed E-state index contributed by atoms with van der Waals surface area (Å²) >= 11 is 0. The highest BCUT2D eigenvalue weighted by atomic mass is 15.2. The van der Waals surface area contributed by atoms with Crippen molar-refractivity contribution in [2.75, 3.05) is 12.4 Å². The van der Waals surface area contributed by atoms with E-state index in [1.165, 1.54) is 0 Å². The Balaban J connectivity index is 2.69. The predicted molar refractivity (Wildman–Crippen MR) is 81.5 cm³/mol. The Morgan fingerprint density at radius 3 is 2.50 bits per heavy atom. The first-order valence-corrected chi connectivity index (χ1v) is 6.98. The number of nitrogens with one attached hydrogen (secondary N) is 1. The topological polar surface area (TPSA) is 55.6 Å². The number of aryl methyl sites for hydroxylation is 1. The number of nitrogens with zero attached hydrogens (tertiary/aromatic N) is 4. The minimum atomic E-state index is -0.0962. The highest BCUT2D eigenvalue weighted by Gasteiger charge is 2.22. The maximum Gasteiger partial charge on any atom is 0.146 e.